The molecule has 1 aliphatic carbocycles. The maximum absolute atomic E-state index is 2.40. The van der Waals surface area contributed by atoms with Crippen LogP contribution >= 0.6 is 22.6 Å². The van der Waals surface area contributed by atoms with Gasteiger partial charge in [0.05, 0.1) is 0 Å². The Hall–Kier alpha value is -0.570. The molecule has 0 amide bonds. The molecule has 0 saturated carbocycles. The van der Waals surface area contributed by atoms with Crippen LogP contribution in [0.4, 0.5) is 0 Å². The Balaban J connectivity index is 2.43. The third-order valence-electron chi connectivity index (χ3n) is 3.79. The molecule has 0 nitrogen and oxygen atoms in total. The minimum atomic E-state index is 0.183. The van der Waals surface area contributed by atoms with Gasteiger partial charge < -0.3 is 0 Å². The quantitative estimate of drug-likeness (QED) is 0.653. The lowest BCUT2D eigenvalue weighted by Crippen LogP contribution is -2.30. The van der Waals surface area contributed by atoms with Crippen molar-refractivity contribution in [3.8, 4) is 0 Å². The van der Waals surface area contributed by atoms with Crippen LogP contribution in [0.5, 0.6) is 0 Å². The van der Waals surface area contributed by atoms with Gasteiger partial charge in [-0.05, 0) is 47.4 Å². The fourth-order valence-electron chi connectivity index (χ4n) is 2.47. The second-order valence-corrected chi connectivity index (χ2v) is 6.43. The van der Waals surface area contributed by atoms with Crippen LogP contribution in [0.15, 0.2) is 46.1 Å². The topological polar surface area (TPSA) is 0 Å². The van der Waals surface area contributed by atoms with E-state index in [9.17, 15) is 0 Å². The molecular formula is C16H19I. The van der Waals surface area contributed by atoms with Crippen molar-refractivity contribution in [3.63, 3.8) is 0 Å². The third-order valence-corrected chi connectivity index (χ3v) is 4.59. The van der Waals surface area contributed by atoms with Gasteiger partial charge >= 0.3 is 0 Å². The Morgan fingerprint density at radius 2 is 1.82 bits per heavy atom. The molecule has 2 rings (SSSR count). The molecule has 90 valence electrons. The van der Waals surface area contributed by atoms with E-state index in [0.29, 0.717) is 5.92 Å². The van der Waals surface area contributed by atoms with Crippen LogP contribution in [0, 0.1) is 12.8 Å². The molecule has 0 spiro atoms. The summed E-state index contributed by atoms with van der Waals surface area (Å²) in [5.41, 5.74) is 2.95. The average Bonchev–Trinajstić information content (AvgIpc) is 2.31. The van der Waals surface area contributed by atoms with Crippen LogP contribution in [-0.4, -0.2) is 0 Å². The van der Waals surface area contributed by atoms with Crippen LogP contribution in [0.25, 0.3) is 0 Å². The highest BCUT2D eigenvalue weighted by Gasteiger charge is 2.33. The van der Waals surface area contributed by atoms with Crippen LogP contribution in [-0.2, 0) is 5.41 Å². The molecule has 0 aromatic heterocycles. The van der Waals surface area contributed by atoms with E-state index in [1.807, 2.05) is 0 Å². The van der Waals surface area contributed by atoms with Crippen molar-refractivity contribution in [1.29, 1.82) is 0 Å². The molecule has 0 radical (unpaired) electrons. The minimum Gasteiger partial charge on any atom is -0.0723 e. The van der Waals surface area contributed by atoms with Gasteiger partial charge in [-0.1, -0.05) is 61.9 Å². The number of hydrogen-bond donors (Lipinski definition) is 0. The number of rotatable bonds is 2. The molecule has 1 heteroatoms. The fraction of sp³-hybridized carbons (Fsp3) is 0.375. The lowest BCUT2D eigenvalue weighted by atomic mass is 9.68. The van der Waals surface area contributed by atoms with Gasteiger partial charge in [0.25, 0.3) is 0 Å². The normalized spacial score (nSPS) is 23.9. The first-order valence-corrected chi connectivity index (χ1v) is 7.24. The summed E-state index contributed by atoms with van der Waals surface area (Å²) in [4.78, 5) is 0. The molecule has 1 unspecified atom stereocenters. The van der Waals surface area contributed by atoms with E-state index >= 15 is 0 Å². The summed E-state index contributed by atoms with van der Waals surface area (Å²) in [6.45, 7) is 6.78. The number of halogens is 1. The molecule has 1 aliphatic rings. The fourth-order valence-corrected chi connectivity index (χ4v) is 2.87. The molecule has 0 saturated heterocycles. The van der Waals surface area contributed by atoms with Crippen molar-refractivity contribution in [2.75, 3.05) is 0 Å². The van der Waals surface area contributed by atoms with Gasteiger partial charge in [-0.2, -0.15) is 0 Å². The van der Waals surface area contributed by atoms with E-state index in [4.69, 9.17) is 0 Å². The molecule has 0 heterocycles. The minimum absolute atomic E-state index is 0.183. The lowest BCUT2D eigenvalue weighted by molar-refractivity contribution is 0.385. The summed E-state index contributed by atoms with van der Waals surface area (Å²) in [6, 6.07) is 9.00. The maximum atomic E-state index is 2.40. The molecule has 0 fully saturated rings. The Labute approximate surface area is 118 Å². The van der Waals surface area contributed by atoms with Gasteiger partial charge in [0, 0.05) is 8.99 Å². The first-order chi connectivity index (χ1) is 8.04. The van der Waals surface area contributed by atoms with Gasteiger partial charge in [0.15, 0.2) is 0 Å². The van der Waals surface area contributed by atoms with E-state index in [0.717, 1.165) is 6.42 Å². The standard InChI is InChI=1S/C16H19I/c1-12(2)16(10-8-15(17)9-11-16)14-6-4-13(3)5-7-14/h4-10,12H,11H2,1-3H3. The zero-order valence-corrected chi connectivity index (χ0v) is 12.9. The van der Waals surface area contributed by atoms with Crippen LogP contribution in [0.2, 0.25) is 0 Å². The van der Waals surface area contributed by atoms with Gasteiger partial charge in [-0.3, -0.25) is 0 Å². The molecule has 0 bridgehead atoms. The monoisotopic (exact) mass is 338 g/mol. The van der Waals surface area contributed by atoms with E-state index in [1.165, 1.54) is 14.7 Å². The number of allylic oxidation sites excluding steroid dienone is 4. The van der Waals surface area contributed by atoms with Crippen LogP contribution in [0.3, 0.4) is 0 Å². The average molecular weight is 338 g/mol. The van der Waals surface area contributed by atoms with Gasteiger partial charge in [0.1, 0.15) is 0 Å². The molecule has 0 N–H and O–H groups in total. The number of aryl methyl sites for hydroxylation is 1. The van der Waals surface area contributed by atoms with E-state index in [1.54, 1.807) is 0 Å². The summed E-state index contributed by atoms with van der Waals surface area (Å²) in [5.74, 6) is 0.613. The SMILES string of the molecule is Cc1ccc(C2(C(C)C)C=CC(I)=CC2)cc1. The highest BCUT2D eigenvalue weighted by atomic mass is 127. The van der Waals surface area contributed by atoms with Gasteiger partial charge in [-0.25, -0.2) is 0 Å². The van der Waals surface area contributed by atoms with Crippen molar-refractivity contribution in [3.05, 3.63) is 57.2 Å². The predicted molar refractivity (Wildman–Crippen MR) is 83.6 cm³/mol. The molecule has 17 heavy (non-hydrogen) atoms. The van der Waals surface area contributed by atoms with E-state index in [-0.39, 0.29) is 5.41 Å². The third kappa shape index (κ3) is 2.49. The maximum Gasteiger partial charge on any atom is 0.0193 e. The summed E-state index contributed by atoms with van der Waals surface area (Å²) in [6.07, 6.45) is 8.11. The van der Waals surface area contributed by atoms with Crippen LogP contribution < -0.4 is 0 Å². The van der Waals surface area contributed by atoms with E-state index in [2.05, 4.69) is 85.9 Å². The zero-order valence-electron chi connectivity index (χ0n) is 10.7. The molecule has 1 aromatic carbocycles. The van der Waals surface area contributed by atoms with Crippen molar-refractivity contribution in [1.82, 2.24) is 0 Å². The Morgan fingerprint density at radius 1 is 1.18 bits per heavy atom. The summed E-state index contributed by atoms with van der Waals surface area (Å²) in [5, 5.41) is 0. The largest absolute Gasteiger partial charge is 0.0723 e. The van der Waals surface area contributed by atoms with Gasteiger partial charge in [-0.15, -0.1) is 0 Å². The molecule has 1 aromatic rings. The van der Waals surface area contributed by atoms with Crippen LogP contribution in [0.1, 0.15) is 31.4 Å². The summed E-state index contributed by atoms with van der Waals surface area (Å²) < 4.78 is 1.35. The number of hydrogen-bond acceptors (Lipinski definition) is 0. The number of benzene rings is 1. The first kappa shape index (κ1) is 12.9. The second-order valence-electron chi connectivity index (χ2n) is 5.19. The van der Waals surface area contributed by atoms with Crippen molar-refractivity contribution in [2.45, 2.75) is 32.6 Å². The van der Waals surface area contributed by atoms with Gasteiger partial charge in [0.2, 0.25) is 0 Å². The summed E-state index contributed by atoms with van der Waals surface area (Å²) in [7, 11) is 0. The Kier molecular flexibility index (Phi) is 3.76. The molecule has 1 atom stereocenters. The van der Waals surface area contributed by atoms with Crippen molar-refractivity contribution >= 4 is 22.6 Å². The van der Waals surface area contributed by atoms with Crippen molar-refractivity contribution in [2.24, 2.45) is 5.92 Å². The molecular weight excluding hydrogens is 319 g/mol. The lowest BCUT2D eigenvalue weighted by Gasteiger charge is -2.36. The highest BCUT2D eigenvalue weighted by Crippen LogP contribution is 2.41. The highest BCUT2D eigenvalue weighted by molar-refractivity contribution is 14.1. The second kappa shape index (κ2) is 4.97. The zero-order chi connectivity index (χ0) is 12.5. The first-order valence-electron chi connectivity index (χ1n) is 6.16. The Bertz CT molecular complexity index is 451. The van der Waals surface area contributed by atoms with Crippen molar-refractivity contribution < 1.29 is 0 Å². The molecule has 0 aliphatic heterocycles. The van der Waals surface area contributed by atoms with E-state index < -0.39 is 0 Å². The smallest absolute Gasteiger partial charge is 0.0193 e. The predicted octanol–water partition coefficient (Wildman–Crippen LogP) is 5.17. The Morgan fingerprint density at radius 3 is 2.29 bits per heavy atom. The summed E-state index contributed by atoms with van der Waals surface area (Å²) >= 11 is 2.40.